The normalized spacial score (nSPS) is 10.1. The van der Waals surface area contributed by atoms with E-state index in [1.54, 1.807) is 24.4 Å². The van der Waals surface area contributed by atoms with Gasteiger partial charge in [-0.1, -0.05) is 11.8 Å². The molecule has 21 heavy (non-hydrogen) atoms. The first-order chi connectivity index (χ1) is 10.0. The van der Waals surface area contributed by atoms with Gasteiger partial charge in [0.05, 0.1) is 16.3 Å². The lowest BCUT2D eigenvalue weighted by atomic mass is 10.3. The number of aromatic nitrogens is 2. The molecule has 0 aliphatic carbocycles. The van der Waals surface area contributed by atoms with E-state index in [4.69, 9.17) is 5.11 Å². The SMILES string of the molecule is O=C(CSc1ccc(C(=O)O)cn1)Nc1ccc(Br)cn1. The van der Waals surface area contributed by atoms with E-state index in [1.165, 1.54) is 24.0 Å². The molecule has 0 radical (unpaired) electrons. The fourth-order valence-electron chi connectivity index (χ4n) is 1.36. The monoisotopic (exact) mass is 367 g/mol. The summed E-state index contributed by atoms with van der Waals surface area (Å²) in [5, 5.41) is 12.0. The molecule has 6 nitrogen and oxygen atoms in total. The molecule has 0 fully saturated rings. The lowest BCUT2D eigenvalue weighted by molar-refractivity contribution is -0.113. The van der Waals surface area contributed by atoms with Crippen LogP contribution in [0.25, 0.3) is 0 Å². The van der Waals surface area contributed by atoms with Crippen LogP contribution in [0.1, 0.15) is 10.4 Å². The summed E-state index contributed by atoms with van der Waals surface area (Å²) in [6.45, 7) is 0. The molecular weight excluding hydrogens is 358 g/mol. The average Bonchev–Trinajstić information content (AvgIpc) is 2.48. The third-order valence-electron chi connectivity index (χ3n) is 2.33. The number of thioether (sulfide) groups is 1. The maximum atomic E-state index is 11.7. The molecule has 1 amide bonds. The third kappa shape index (κ3) is 4.83. The number of nitrogens with one attached hydrogen (secondary N) is 1. The zero-order valence-electron chi connectivity index (χ0n) is 10.6. The molecule has 2 N–H and O–H groups in total. The van der Waals surface area contributed by atoms with Crippen LogP contribution >= 0.6 is 27.7 Å². The molecular formula is C13H10BrN3O3S. The maximum Gasteiger partial charge on any atom is 0.337 e. The van der Waals surface area contributed by atoms with Crippen LogP contribution in [-0.4, -0.2) is 32.7 Å². The molecule has 0 aliphatic heterocycles. The Bertz CT molecular complexity index is 647. The number of halogens is 1. The number of hydrogen-bond donors (Lipinski definition) is 2. The highest BCUT2D eigenvalue weighted by Gasteiger charge is 2.07. The molecule has 108 valence electrons. The van der Waals surface area contributed by atoms with Crippen LogP contribution < -0.4 is 5.32 Å². The molecule has 0 aliphatic rings. The van der Waals surface area contributed by atoms with E-state index >= 15 is 0 Å². The number of carbonyl (C=O) groups excluding carboxylic acids is 1. The van der Waals surface area contributed by atoms with Gasteiger partial charge < -0.3 is 10.4 Å². The Morgan fingerprint density at radius 3 is 2.57 bits per heavy atom. The van der Waals surface area contributed by atoms with Crippen molar-refractivity contribution in [1.82, 2.24) is 9.97 Å². The zero-order chi connectivity index (χ0) is 15.2. The average molecular weight is 368 g/mol. The quantitative estimate of drug-likeness (QED) is 0.789. The largest absolute Gasteiger partial charge is 0.478 e. The van der Waals surface area contributed by atoms with Gasteiger partial charge in [-0.15, -0.1) is 0 Å². The molecule has 0 saturated carbocycles. The Morgan fingerprint density at radius 1 is 1.19 bits per heavy atom. The van der Waals surface area contributed by atoms with Crippen molar-refractivity contribution in [3.05, 3.63) is 46.7 Å². The second-order valence-corrected chi connectivity index (χ2v) is 5.80. The fourth-order valence-corrected chi connectivity index (χ4v) is 2.24. The van der Waals surface area contributed by atoms with Gasteiger partial charge in [0.15, 0.2) is 0 Å². The lowest BCUT2D eigenvalue weighted by Crippen LogP contribution is -2.15. The Kier molecular flexibility index (Phi) is 5.29. The minimum Gasteiger partial charge on any atom is -0.478 e. The van der Waals surface area contributed by atoms with Crippen LogP contribution in [0.3, 0.4) is 0 Å². The first kappa shape index (κ1) is 15.5. The van der Waals surface area contributed by atoms with Gasteiger partial charge in [0.1, 0.15) is 5.82 Å². The molecule has 0 unspecified atom stereocenters. The van der Waals surface area contributed by atoms with E-state index in [9.17, 15) is 9.59 Å². The van der Waals surface area contributed by atoms with E-state index in [1.807, 2.05) is 0 Å². The van der Waals surface area contributed by atoms with Crippen LogP contribution in [-0.2, 0) is 4.79 Å². The van der Waals surface area contributed by atoms with Crippen LogP contribution in [0.4, 0.5) is 5.82 Å². The van der Waals surface area contributed by atoms with Gasteiger partial charge in [0.2, 0.25) is 5.91 Å². The number of carbonyl (C=O) groups is 2. The first-order valence-electron chi connectivity index (χ1n) is 5.78. The number of aromatic carboxylic acids is 1. The molecule has 8 heteroatoms. The second-order valence-electron chi connectivity index (χ2n) is 3.89. The van der Waals surface area contributed by atoms with E-state index in [2.05, 4.69) is 31.2 Å². The van der Waals surface area contributed by atoms with Crippen LogP contribution in [0.2, 0.25) is 0 Å². The van der Waals surface area contributed by atoms with E-state index in [0.717, 1.165) is 4.47 Å². The highest BCUT2D eigenvalue weighted by Crippen LogP contribution is 2.16. The smallest absolute Gasteiger partial charge is 0.337 e. The maximum absolute atomic E-state index is 11.7. The zero-order valence-corrected chi connectivity index (χ0v) is 13.0. The molecule has 2 heterocycles. The standard InChI is InChI=1S/C13H10BrN3O3S/c14-9-2-3-10(15-6-9)17-11(18)7-21-12-4-1-8(5-16-12)13(19)20/h1-6H,7H2,(H,19,20)(H,15,17,18). The minimum absolute atomic E-state index is 0.114. The van der Waals surface area contributed by atoms with Crippen molar-refractivity contribution in [1.29, 1.82) is 0 Å². The first-order valence-corrected chi connectivity index (χ1v) is 7.56. The number of anilines is 1. The van der Waals surface area contributed by atoms with Gasteiger partial charge >= 0.3 is 5.97 Å². The summed E-state index contributed by atoms with van der Waals surface area (Å²) < 4.78 is 0.831. The summed E-state index contributed by atoms with van der Waals surface area (Å²) in [7, 11) is 0. The number of amides is 1. The summed E-state index contributed by atoms with van der Waals surface area (Å²) in [4.78, 5) is 30.4. The van der Waals surface area contributed by atoms with Gasteiger partial charge in [-0.2, -0.15) is 0 Å². The summed E-state index contributed by atoms with van der Waals surface area (Å²) in [6, 6.07) is 6.49. The predicted molar refractivity (Wildman–Crippen MR) is 82.5 cm³/mol. The highest BCUT2D eigenvalue weighted by atomic mass is 79.9. The second kappa shape index (κ2) is 7.19. The van der Waals surface area contributed by atoms with Crippen molar-refractivity contribution in [2.75, 3.05) is 11.1 Å². The Morgan fingerprint density at radius 2 is 2.00 bits per heavy atom. The number of rotatable bonds is 5. The van der Waals surface area contributed by atoms with Crippen molar-refractivity contribution in [2.24, 2.45) is 0 Å². The van der Waals surface area contributed by atoms with E-state index in [-0.39, 0.29) is 17.2 Å². The van der Waals surface area contributed by atoms with Crippen molar-refractivity contribution in [3.8, 4) is 0 Å². The van der Waals surface area contributed by atoms with Gasteiger partial charge in [-0.25, -0.2) is 14.8 Å². The number of hydrogen-bond acceptors (Lipinski definition) is 5. The molecule has 0 atom stereocenters. The number of pyridine rings is 2. The summed E-state index contributed by atoms with van der Waals surface area (Å²) in [5.74, 6) is -0.605. The molecule has 0 aromatic carbocycles. The minimum atomic E-state index is -1.03. The fraction of sp³-hybridized carbons (Fsp3) is 0.0769. The Hall–Kier alpha value is -1.93. The predicted octanol–water partition coefficient (Wildman–Crippen LogP) is 2.67. The molecule has 0 bridgehead atoms. The summed E-state index contributed by atoms with van der Waals surface area (Å²) in [5.41, 5.74) is 0.114. The van der Waals surface area contributed by atoms with Gasteiger partial charge in [-0.3, -0.25) is 4.79 Å². The number of carboxylic acids is 1. The molecule has 2 aromatic rings. The van der Waals surface area contributed by atoms with E-state index in [0.29, 0.717) is 10.8 Å². The van der Waals surface area contributed by atoms with Crippen LogP contribution in [0.5, 0.6) is 0 Å². The van der Waals surface area contributed by atoms with Crippen molar-refractivity contribution >= 4 is 45.4 Å². The molecule has 0 spiro atoms. The third-order valence-corrected chi connectivity index (χ3v) is 3.74. The summed E-state index contributed by atoms with van der Waals surface area (Å²) >= 11 is 4.48. The lowest BCUT2D eigenvalue weighted by Gasteiger charge is -2.04. The van der Waals surface area contributed by atoms with Crippen LogP contribution in [0, 0.1) is 0 Å². The van der Waals surface area contributed by atoms with Gasteiger partial charge in [-0.05, 0) is 40.2 Å². The van der Waals surface area contributed by atoms with Crippen molar-refractivity contribution < 1.29 is 14.7 Å². The van der Waals surface area contributed by atoms with Crippen molar-refractivity contribution in [2.45, 2.75) is 5.03 Å². The Balaban J connectivity index is 1.86. The van der Waals surface area contributed by atoms with Crippen molar-refractivity contribution in [3.63, 3.8) is 0 Å². The van der Waals surface area contributed by atoms with Gasteiger partial charge in [0, 0.05) is 16.9 Å². The molecule has 2 rings (SSSR count). The molecule has 0 saturated heterocycles. The van der Waals surface area contributed by atoms with E-state index < -0.39 is 5.97 Å². The number of carboxylic acid groups (broad SMARTS) is 1. The number of nitrogens with zero attached hydrogens (tertiary/aromatic N) is 2. The highest BCUT2D eigenvalue weighted by molar-refractivity contribution is 9.10. The topological polar surface area (TPSA) is 92.2 Å². The van der Waals surface area contributed by atoms with Gasteiger partial charge in [0.25, 0.3) is 0 Å². The summed E-state index contributed by atoms with van der Waals surface area (Å²) in [6.07, 6.45) is 2.85. The molecule has 2 aromatic heterocycles. The Labute approximate surface area is 133 Å². The van der Waals surface area contributed by atoms with Crippen LogP contribution in [0.15, 0.2) is 46.2 Å².